The fourth-order valence-corrected chi connectivity index (χ4v) is 4.22. The van der Waals surface area contributed by atoms with Crippen molar-refractivity contribution in [3.8, 4) is 0 Å². The Morgan fingerprint density at radius 2 is 1.67 bits per heavy atom. The van der Waals surface area contributed by atoms with Crippen LogP contribution in [0.1, 0.15) is 35.3 Å². The Kier molecular flexibility index (Phi) is 5.13. The van der Waals surface area contributed by atoms with E-state index >= 15 is 0 Å². The smallest absolute Gasteiger partial charge is 0.340 e. The third-order valence-electron chi connectivity index (χ3n) is 6.29. The maximum absolute atomic E-state index is 12.8. The zero-order valence-electron chi connectivity index (χ0n) is 17.7. The summed E-state index contributed by atoms with van der Waals surface area (Å²) in [5.41, 5.74) is 2.80. The highest BCUT2D eigenvalue weighted by molar-refractivity contribution is 5.97. The summed E-state index contributed by atoms with van der Waals surface area (Å²) in [6.45, 7) is 6.69. The average molecular weight is 411 g/mol. The highest BCUT2D eigenvalue weighted by atomic mass is 16.5. The van der Waals surface area contributed by atoms with Crippen LogP contribution in [0, 0.1) is 26.7 Å². The van der Waals surface area contributed by atoms with Crippen molar-refractivity contribution in [3.05, 3.63) is 45.0 Å². The topological polar surface area (TPSA) is 90.0 Å². The minimum Gasteiger partial charge on any atom is -0.469 e. The Bertz CT molecular complexity index is 1210. The molecule has 0 spiro atoms. The number of nitrogens with zero attached hydrogens (tertiary/aromatic N) is 1. The molecule has 0 N–H and O–H groups in total. The number of carbonyl (C=O) groups excluding carboxylic acids is 2. The first-order valence-corrected chi connectivity index (χ1v) is 10.1. The lowest BCUT2D eigenvalue weighted by molar-refractivity contribution is -0.148. The summed E-state index contributed by atoms with van der Waals surface area (Å²) in [5, 5.41) is 1.78. The van der Waals surface area contributed by atoms with Crippen LogP contribution in [0.3, 0.4) is 0 Å². The van der Waals surface area contributed by atoms with Crippen LogP contribution in [0.2, 0.25) is 0 Å². The molecule has 0 saturated carbocycles. The van der Waals surface area contributed by atoms with E-state index in [9.17, 15) is 14.4 Å². The number of rotatable bonds is 3. The third kappa shape index (κ3) is 3.38. The summed E-state index contributed by atoms with van der Waals surface area (Å²) in [5.74, 6) is 0.287. The van der Waals surface area contributed by atoms with Crippen molar-refractivity contribution >= 4 is 33.8 Å². The zero-order valence-corrected chi connectivity index (χ0v) is 17.7. The van der Waals surface area contributed by atoms with Gasteiger partial charge < -0.3 is 18.5 Å². The summed E-state index contributed by atoms with van der Waals surface area (Å²) < 4.78 is 16.1. The van der Waals surface area contributed by atoms with Crippen molar-refractivity contribution in [3.63, 3.8) is 0 Å². The molecule has 7 heteroatoms. The van der Waals surface area contributed by atoms with Crippen LogP contribution in [0.15, 0.2) is 25.8 Å². The van der Waals surface area contributed by atoms with E-state index in [1.54, 1.807) is 11.0 Å². The number of hydrogen-bond donors (Lipinski definition) is 0. The van der Waals surface area contributed by atoms with E-state index in [0.29, 0.717) is 42.7 Å². The fraction of sp³-hybridized carbons (Fsp3) is 0.435. The summed E-state index contributed by atoms with van der Waals surface area (Å²) in [4.78, 5) is 38.9. The summed E-state index contributed by atoms with van der Waals surface area (Å²) >= 11 is 0. The molecule has 3 heterocycles. The van der Waals surface area contributed by atoms with Crippen molar-refractivity contribution in [2.24, 2.45) is 5.92 Å². The molecule has 0 radical (unpaired) electrons. The van der Waals surface area contributed by atoms with Crippen LogP contribution < -0.4 is 5.63 Å². The molecule has 1 saturated heterocycles. The molecule has 3 aromatic rings. The highest BCUT2D eigenvalue weighted by Crippen LogP contribution is 2.31. The Morgan fingerprint density at radius 1 is 1.03 bits per heavy atom. The van der Waals surface area contributed by atoms with Crippen molar-refractivity contribution in [1.82, 2.24) is 4.90 Å². The van der Waals surface area contributed by atoms with Gasteiger partial charge in [-0.05, 0) is 50.8 Å². The molecule has 1 amide bonds. The number of benzene rings is 1. The van der Waals surface area contributed by atoms with Crippen LogP contribution in [-0.2, 0) is 20.7 Å². The van der Waals surface area contributed by atoms with Gasteiger partial charge in [-0.15, -0.1) is 0 Å². The van der Waals surface area contributed by atoms with Crippen molar-refractivity contribution in [1.29, 1.82) is 0 Å². The number of fused-ring (bicyclic) bond motifs is 2. The lowest BCUT2D eigenvalue weighted by atomic mass is 9.96. The van der Waals surface area contributed by atoms with Gasteiger partial charge in [0.05, 0.1) is 25.0 Å². The second-order valence-electron chi connectivity index (χ2n) is 7.98. The minimum absolute atomic E-state index is 0.0194. The number of carbonyl (C=O) groups is 2. The number of piperidine rings is 1. The van der Waals surface area contributed by atoms with E-state index in [4.69, 9.17) is 13.6 Å². The van der Waals surface area contributed by atoms with Crippen LogP contribution in [0.25, 0.3) is 21.9 Å². The van der Waals surface area contributed by atoms with Gasteiger partial charge in [0.15, 0.2) is 0 Å². The lowest BCUT2D eigenvalue weighted by Crippen LogP contribution is -2.41. The molecule has 7 nitrogen and oxygen atoms in total. The standard InChI is InChI=1S/C23H25NO6/c1-12-14(3)29-19-11-20-17(9-16(12)19)13(2)18(23(27)30-20)10-21(25)24-7-5-15(6-8-24)22(26)28-4/h9,11,15H,5-8,10H2,1-4H3. The molecule has 158 valence electrons. The number of hydrogen-bond acceptors (Lipinski definition) is 6. The quantitative estimate of drug-likeness (QED) is 0.485. The largest absolute Gasteiger partial charge is 0.469 e. The number of furan rings is 1. The van der Waals surface area contributed by atoms with Crippen molar-refractivity contribution < 1.29 is 23.2 Å². The molecule has 0 bridgehead atoms. The van der Waals surface area contributed by atoms with Crippen molar-refractivity contribution in [2.45, 2.75) is 40.0 Å². The van der Waals surface area contributed by atoms with E-state index in [1.165, 1.54) is 7.11 Å². The Hall–Kier alpha value is -3.09. The minimum atomic E-state index is -0.503. The number of esters is 1. The number of ether oxygens (including phenoxy) is 1. The van der Waals surface area contributed by atoms with E-state index in [0.717, 1.165) is 27.7 Å². The number of aryl methyl sites for hydroxylation is 3. The number of likely N-dealkylation sites (tertiary alicyclic amines) is 1. The maximum atomic E-state index is 12.8. The first kappa shape index (κ1) is 20.2. The molecule has 0 atom stereocenters. The van der Waals surface area contributed by atoms with Crippen LogP contribution in [0.5, 0.6) is 0 Å². The van der Waals surface area contributed by atoms with Crippen LogP contribution in [-0.4, -0.2) is 37.0 Å². The molecule has 2 aromatic heterocycles. The third-order valence-corrected chi connectivity index (χ3v) is 6.29. The van der Waals surface area contributed by atoms with Gasteiger partial charge in [-0.2, -0.15) is 0 Å². The molecule has 1 fully saturated rings. The second kappa shape index (κ2) is 7.63. The van der Waals surface area contributed by atoms with Gasteiger partial charge in [-0.25, -0.2) is 4.79 Å². The number of methoxy groups -OCH3 is 1. The first-order chi connectivity index (χ1) is 14.3. The molecule has 4 rings (SSSR count). The monoisotopic (exact) mass is 411 g/mol. The summed E-state index contributed by atoms with van der Waals surface area (Å²) in [6, 6.07) is 3.70. The first-order valence-electron chi connectivity index (χ1n) is 10.1. The highest BCUT2D eigenvalue weighted by Gasteiger charge is 2.28. The predicted octanol–water partition coefficient (Wildman–Crippen LogP) is 3.42. The van der Waals surface area contributed by atoms with E-state index in [2.05, 4.69) is 0 Å². The van der Waals surface area contributed by atoms with Gasteiger partial charge in [0, 0.05) is 29.9 Å². The number of amides is 1. The Labute approximate surface area is 173 Å². The Balaban J connectivity index is 1.62. The Morgan fingerprint density at radius 3 is 2.33 bits per heavy atom. The van der Waals surface area contributed by atoms with Crippen molar-refractivity contribution in [2.75, 3.05) is 20.2 Å². The summed E-state index contributed by atoms with van der Waals surface area (Å²) in [7, 11) is 1.38. The molecular weight excluding hydrogens is 386 g/mol. The van der Waals surface area contributed by atoms with E-state index in [-0.39, 0.29) is 24.2 Å². The predicted molar refractivity (Wildman–Crippen MR) is 111 cm³/mol. The lowest BCUT2D eigenvalue weighted by Gasteiger charge is -2.30. The van der Waals surface area contributed by atoms with Gasteiger partial charge in [-0.3, -0.25) is 9.59 Å². The van der Waals surface area contributed by atoms with Gasteiger partial charge in [-0.1, -0.05) is 0 Å². The molecular formula is C23H25NO6. The summed E-state index contributed by atoms with van der Waals surface area (Å²) in [6.07, 6.45) is 1.12. The van der Waals surface area contributed by atoms with Gasteiger partial charge in [0.25, 0.3) is 0 Å². The van der Waals surface area contributed by atoms with Crippen LogP contribution >= 0.6 is 0 Å². The average Bonchev–Trinajstić information content (AvgIpc) is 3.02. The maximum Gasteiger partial charge on any atom is 0.340 e. The molecule has 0 unspecified atom stereocenters. The fourth-order valence-electron chi connectivity index (χ4n) is 4.22. The molecule has 1 aliphatic heterocycles. The molecule has 0 aliphatic carbocycles. The zero-order chi connectivity index (χ0) is 21.6. The van der Waals surface area contributed by atoms with E-state index in [1.807, 2.05) is 26.8 Å². The SMILES string of the molecule is COC(=O)C1CCN(C(=O)Cc2c(C)c3cc4c(C)c(C)oc4cc3oc2=O)CC1. The van der Waals surface area contributed by atoms with E-state index < -0.39 is 5.63 Å². The van der Waals surface area contributed by atoms with Crippen LogP contribution in [0.4, 0.5) is 0 Å². The molecule has 1 aromatic carbocycles. The van der Waals surface area contributed by atoms with Gasteiger partial charge >= 0.3 is 11.6 Å². The van der Waals surface area contributed by atoms with Gasteiger partial charge in [0.2, 0.25) is 5.91 Å². The second-order valence-corrected chi connectivity index (χ2v) is 7.98. The molecule has 1 aliphatic rings. The normalized spacial score (nSPS) is 15.1. The molecule has 30 heavy (non-hydrogen) atoms. The van der Waals surface area contributed by atoms with Gasteiger partial charge in [0.1, 0.15) is 16.9 Å².